The molecule has 0 saturated heterocycles. The molecule has 21 heavy (non-hydrogen) atoms. The molecule has 0 aliphatic heterocycles. The van der Waals surface area contributed by atoms with Gasteiger partial charge in [0.05, 0.1) is 0 Å². The Morgan fingerprint density at radius 2 is 0.286 bits per heavy atom. The Morgan fingerprint density at radius 3 is 0.333 bits per heavy atom. The van der Waals surface area contributed by atoms with Crippen molar-refractivity contribution in [1.29, 1.82) is 0 Å². The minimum absolute atomic E-state index is 0. The summed E-state index contributed by atoms with van der Waals surface area (Å²) in [6.07, 6.45) is 0. The molecule has 0 spiro atoms. The smallest absolute Gasteiger partial charge is 0 e. The zero-order valence-corrected chi connectivity index (χ0v) is 17.2. The van der Waals surface area contributed by atoms with Crippen LogP contribution in [0.25, 0.3) is 0 Å². The normalized spacial score (nSPS) is 52.9. The van der Waals surface area contributed by atoms with E-state index in [1.54, 1.807) is 0 Å². The van der Waals surface area contributed by atoms with Crippen molar-refractivity contribution >= 4 is 0 Å². The minimum atomic E-state index is 0. The second-order valence-electron chi connectivity index (χ2n) is 8.59. The van der Waals surface area contributed by atoms with E-state index in [2.05, 4.69) is 69.2 Å². The van der Waals surface area contributed by atoms with Crippen molar-refractivity contribution in [3.63, 3.8) is 0 Å². The van der Waals surface area contributed by atoms with E-state index in [1.807, 2.05) is 0 Å². The van der Waals surface area contributed by atoms with Crippen LogP contribution in [0.4, 0.5) is 0 Å². The molecule has 2 fully saturated rings. The van der Waals surface area contributed by atoms with Crippen LogP contribution in [0.2, 0.25) is 0 Å². The molecule has 0 radical (unpaired) electrons. The topological polar surface area (TPSA) is 0 Å². The average Bonchev–Trinajstić information content (AvgIpc) is 2.71. The molecule has 0 heterocycles. The number of hydrogen-bond acceptors (Lipinski definition) is 0. The Balaban J connectivity index is 0.000000364. The van der Waals surface area contributed by atoms with Crippen LogP contribution in [-0.2, 0) is 17.1 Å². The molecule has 0 bridgehead atoms. The number of rotatable bonds is 0. The maximum atomic E-state index is 2.40. The van der Waals surface area contributed by atoms with Crippen LogP contribution in [-0.4, -0.2) is 0 Å². The van der Waals surface area contributed by atoms with Crippen molar-refractivity contribution in [2.45, 2.75) is 69.2 Å². The minimum Gasteiger partial charge on any atom is -0.0620 e. The molecule has 0 nitrogen and oxygen atoms in total. The van der Waals surface area contributed by atoms with E-state index in [9.17, 15) is 0 Å². The second kappa shape index (κ2) is 8.39. The SMILES string of the molecule is CC1C(C)C(C)C(C)C1C.CC1C(C)C(C)C(C)C1C.[Fe]. The molecule has 128 valence electrons. The third kappa shape index (κ3) is 4.29. The van der Waals surface area contributed by atoms with Crippen molar-refractivity contribution < 1.29 is 17.1 Å². The summed E-state index contributed by atoms with van der Waals surface area (Å²) < 4.78 is 0. The quantitative estimate of drug-likeness (QED) is 0.452. The molecule has 2 aliphatic carbocycles. The van der Waals surface area contributed by atoms with Crippen LogP contribution in [0.5, 0.6) is 0 Å². The summed E-state index contributed by atoms with van der Waals surface area (Å²) in [5.41, 5.74) is 0. The first kappa shape index (κ1) is 21.5. The maximum absolute atomic E-state index is 2.40. The molecule has 2 aliphatic rings. The van der Waals surface area contributed by atoms with Crippen LogP contribution in [0.3, 0.4) is 0 Å². The van der Waals surface area contributed by atoms with Gasteiger partial charge in [0.15, 0.2) is 0 Å². The Hall–Kier alpha value is 0.519. The molecule has 0 aromatic carbocycles. The molecule has 0 atom stereocenters. The maximum Gasteiger partial charge on any atom is 0 e. The van der Waals surface area contributed by atoms with Crippen LogP contribution in [0.1, 0.15) is 69.2 Å². The fraction of sp³-hybridized carbons (Fsp3) is 1.00. The zero-order valence-electron chi connectivity index (χ0n) is 16.1. The van der Waals surface area contributed by atoms with Gasteiger partial charge in [-0.05, 0) is 59.2 Å². The van der Waals surface area contributed by atoms with Gasteiger partial charge in [-0.2, -0.15) is 0 Å². The van der Waals surface area contributed by atoms with E-state index < -0.39 is 0 Å². The van der Waals surface area contributed by atoms with Crippen molar-refractivity contribution in [2.75, 3.05) is 0 Å². The summed E-state index contributed by atoms with van der Waals surface area (Å²) in [6, 6.07) is 0. The third-order valence-corrected chi connectivity index (χ3v) is 8.29. The molecule has 0 amide bonds. The zero-order chi connectivity index (χ0) is 15.8. The molecular formula is C20H40Fe. The van der Waals surface area contributed by atoms with Crippen molar-refractivity contribution in [3.05, 3.63) is 0 Å². The predicted molar refractivity (Wildman–Crippen MR) is 91.6 cm³/mol. The third-order valence-electron chi connectivity index (χ3n) is 8.29. The van der Waals surface area contributed by atoms with Crippen LogP contribution < -0.4 is 0 Å². The fourth-order valence-corrected chi connectivity index (χ4v) is 4.79. The van der Waals surface area contributed by atoms with E-state index in [4.69, 9.17) is 0 Å². The van der Waals surface area contributed by atoms with Gasteiger partial charge in [0.25, 0.3) is 0 Å². The Labute approximate surface area is 145 Å². The Morgan fingerprint density at radius 1 is 0.238 bits per heavy atom. The Kier molecular flexibility index (Phi) is 8.60. The van der Waals surface area contributed by atoms with Gasteiger partial charge in [-0.25, -0.2) is 0 Å². The van der Waals surface area contributed by atoms with E-state index in [0.717, 1.165) is 59.2 Å². The van der Waals surface area contributed by atoms with Gasteiger partial charge in [0.2, 0.25) is 0 Å². The first-order valence-corrected chi connectivity index (χ1v) is 9.11. The molecule has 2 rings (SSSR count). The summed E-state index contributed by atoms with van der Waals surface area (Å²) in [6.45, 7) is 24.0. The van der Waals surface area contributed by atoms with Gasteiger partial charge >= 0.3 is 0 Å². The molecule has 0 unspecified atom stereocenters. The molecule has 0 N–H and O–H groups in total. The molecule has 1 heteroatoms. The largest absolute Gasteiger partial charge is 0.0620 e. The van der Waals surface area contributed by atoms with Crippen LogP contribution >= 0.6 is 0 Å². The molecular weight excluding hydrogens is 296 g/mol. The van der Waals surface area contributed by atoms with Gasteiger partial charge in [-0.3, -0.25) is 0 Å². The van der Waals surface area contributed by atoms with Gasteiger partial charge in [0.1, 0.15) is 0 Å². The summed E-state index contributed by atoms with van der Waals surface area (Å²) in [7, 11) is 0. The molecule has 2 saturated carbocycles. The first-order valence-electron chi connectivity index (χ1n) is 9.11. The van der Waals surface area contributed by atoms with Crippen LogP contribution in [0.15, 0.2) is 0 Å². The predicted octanol–water partition coefficient (Wildman–Crippen LogP) is 6.36. The van der Waals surface area contributed by atoms with E-state index in [-0.39, 0.29) is 17.1 Å². The van der Waals surface area contributed by atoms with E-state index in [1.165, 1.54) is 0 Å². The van der Waals surface area contributed by atoms with Crippen molar-refractivity contribution in [3.8, 4) is 0 Å². The standard InChI is InChI=1S/2C10H20.Fe/c2*1-6-7(2)9(4)10(5)8(6)3;/h2*6-10H,1-5H3;. The van der Waals surface area contributed by atoms with Crippen LogP contribution in [0, 0.1) is 59.2 Å². The monoisotopic (exact) mass is 336 g/mol. The van der Waals surface area contributed by atoms with Gasteiger partial charge in [0, 0.05) is 17.1 Å². The van der Waals surface area contributed by atoms with Gasteiger partial charge < -0.3 is 0 Å². The van der Waals surface area contributed by atoms with Crippen molar-refractivity contribution in [2.24, 2.45) is 59.2 Å². The second-order valence-corrected chi connectivity index (χ2v) is 8.59. The molecule has 0 aromatic heterocycles. The first-order chi connectivity index (χ1) is 9.11. The van der Waals surface area contributed by atoms with E-state index in [0.29, 0.717) is 0 Å². The van der Waals surface area contributed by atoms with Gasteiger partial charge in [-0.15, -0.1) is 0 Å². The fourth-order valence-electron chi connectivity index (χ4n) is 4.79. The number of hydrogen-bond donors (Lipinski definition) is 0. The van der Waals surface area contributed by atoms with Crippen molar-refractivity contribution in [1.82, 2.24) is 0 Å². The summed E-state index contributed by atoms with van der Waals surface area (Å²) >= 11 is 0. The summed E-state index contributed by atoms with van der Waals surface area (Å²) in [5.74, 6) is 9.35. The van der Waals surface area contributed by atoms with Gasteiger partial charge in [-0.1, -0.05) is 69.2 Å². The summed E-state index contributed by atoms with van der Waals surface area (Å²) in [4.78, 5) is 0. The summed E-state index contributed by atoms with van der Waals surface area (Å²) in [5, 5.41) is 0. The molecule has 0 aromatic rings. The average molecular weight is 336 g/mol. The Bertz CT molecular complexity index is 181. The van der Waals surface area contributed by atoms with E-state index >= 15 is 0 Å².